The molecule has 0 saturated heterocycles. The minimum Gasteiger partial charge on any atom is -0.449 e. The van der Waals surface area contributed by atoms with Gasteiger partial charge in [-0.05, 0) is 29.8 Å². The molecule has 4 rings (SSSR count). The van der Waals surface area contributed by atoms with Crippen LogP contribution in [0.3, 0.4) is 0 Å². The second kappa shape index (κ2) is 7.80. The van der Waals surface area contributed by atoms with Crippen LogP contribution in [-0.2, 0) is 11.2 Å². The number of anilines is 2. The van der Waals surface area contributed by atoms with E-state index in [-0.39, 0.29) is 18.1 Å². The molecule has 5 nitrogen and oxygen atoms in total. The highest BCUT2D eigenvalue weighted by Crippen LogP contribution is 2.31. The van der Waals surface area contributed by atoms with E-state index in [2.05, 4.69) is 10.6 Å². The third-order valence-electron chi connectivity index (χ3n) is 4.31. The normalized spacial score (nSPS) is 10.6. The Balaban J connectivity index is 1.63. The van der Waals surface area contributed by atoms with Gasteiger partial charge in [0.15, 0.2) is 0 Å². The highest BCUT2D eigenvalue weighted by Gasteiger charge is 2.22. The summed E-state index contributed by atoms with van der Waals surface area (Å²) < 4.78 is 5.76. The molecule has 2 N–H and O–H groups in total. The zero-order chi connectivity index (χ0) is 19.3. The van der Waals surface area contributed by atoms with Crippen molar-refractivity contribution in [1.82, 2.24) is 0 Å². The monoisotopic (exact) mass is 370 g/mol. The fourth-order valence-corrected chi connectivity index (χ4v) is 3.00. The van der Waals surface area contributed by atoms with Gasteiger partial charge >= 0.3 is 0 Å². The molecule has 0 saturated carbocycles. The fourth-order valence-electron chi connectivity index (χ4n) is 3.00. The summed E-state index contributed by atoms with van der Waals surface area (Å²) in [7, 11) is 0. The van der Waals surface area contributed by atoms with Gasteiger partial charge in [0.1, 0.15) is 11.3 Å². The molecule has 0 fully saturated rings. The van der Waals surface area contributed by atoms with Crippen molar-refractivity contribution in [2.24, 2.45) is 0 Å². The van der Waals surface area contributed by atoms with E-state index in [4.69, 9.17) is 4.42 Å². The lowest BCUT2D eigenvalue weighted by Crippen LogP contribution is -2.18. The van der Waals surface area contributed by atoms with Gasteiger partial charge in [0, 0.05) is 11.1 Å². The summed E-state index contributed by atoms with van der Waals surface area (Å²) in [5, 5.41) is 6.34. The Bertz CT molecular complexity index is 1120. The first kappa shape index (κ1) is 17.5. The Morgan fingerprint density at radius 3 is 2.14 bits per heavy atom. The van der Waals surface area contributed by atoms with E-state index in [1.807, 2.05) is 66.7 Å². The topological polar surface area (TPSA) is 71.3 Å². The Kier molecular flexibility index (Phi) is 4.89. The molecule has 0 aliphatic rings. The van der Waals surface area contributed by atoms with E-state index < -0.39 is 5.91 Å². The molecule has 4 aromatic rings. The highest BCUT2D eigenvalue weighted by atomic mass is 16.3. The van der Waals surface area contributed by atoms with Crippen LogP contribution in [0.5, 0.6) is 0 Å². The van der Waals surface area contributed by atoms with Gasteiger partial charge in [-0.2, -0.15) is 0 Å². The summed E-state index contributed by atoms with van der Waals surface area (Å²) in [5.41, 5.74) is 2.46. The predicted molar refractivity (Wildman–Crippen MR) is 109 cm³/mol. The van der Waals surface area contributed by atoms with Crippen LogP contribution in [0, 0.1) is 0 Å². The van der Waals surface area contributed by atoms with Gasteiger partial charge in [-0.3, -0.25) is 9.59 Å². The number of hydrogen-bond acceptors (Lipinski definition) is 3. The minimum atomic E-state index is -0.419. The van der Waals surface area contributed by atoms with Crippen LogP contribution >= 0.6 is 0 Å². The van der Waals surface area contributed by atoms with Gasteiger partial charge in [0.2, 0.25) is 11.7 Å². The first-order valence-corrected chi connectivity index (χ1v) is 8.92. The van der Waals surface area contributed by atoms with Gasteiger partial charge in [-0.25, -0.2) is 0 Å². The molecule has 2 amide bonds. The molecule has 3 aromatic carbocycles. The molecule has 0 unspecified atom stereocenters. The number of rotatable bonds is 5. The molecule has 1 heterocycles. The molecule has 28 heavy (non-hydrogen) atoms. The van der Waals surface area contributed by atoms with Crippen molar-refractivity contribution in [1.29, 1.82) is 0 Å². The first-order valence-electron chi connectivity index (χ1n) is 8.92. The van der Waals surface area contributed by atoms with Crippen molar-refractivity contribution >= 4 is 34.2 Å². The van der Waals surface area contributed by atoms with Crippen LogP contribution < -0.4 is 10.6 Å². The number of benzene rings is 3. The Morgan fingerprint density at radius 2 is 1.39 bits per heavy atom. The number of amides is 2. The Morgan fingerprint density at radius 1 is 0.750 bits per heavy atom. The van der Waals surface area contributed by atoms with E-state index in [0.29, 0.717) is 22.3 Å². The minimum absolute atomic E-state index is 0.0754. The van der Waals surface area contributed by atoms with Crippen molar-refractivity contribution in [3.05, 3.63) is 96.3 Å². The Labute approximate surface area is 162 Å². The molecule has 0 aliphatic heterocycles. The fraction of sp³-hybridized carbons (Fsp3) is 0.0435. The number of nitrogens with one attached hydrogen (secondary N) is 2. The largest absolute Gasteiger partial charge is 0.449 e. The Hall–Kier alpha value is -3.86. The summed E-state index contributed by atoms with van der Waals surface area (Å²) in [6.07, 6.45) is 0.208. The molecule has 1 aromatic heterocycles. The van der Waals surface area contributed by atoms with Crippen molar-refractivity contribution < 1.29 is 14.0 Å². The van der Waals surface area contributed by atoms with Gasteiger partial charge in [0.05, 0.1) is 6.42 Å². The van der Waals surface area contributed by atoms with Crippen molar-refractivity contribution in [3.63, 3.8) is 0 Å². The van der Waals surface area contributed by atoms with Crippen molar-refractivity contribution in [2.75, 3.05) is 10.6 Å². The van der Waals surface area contributed by atoms with Crippen molar-refractivity contribution in [3.8, 4) is 0 Å². The molecular weight excluding hydrogens is 352 g/mol. The predicted octanol–water partition coefficient (Wildman–Crippen LogP) is 4.87. The van der Waals surface area contributed by atoms with E-state index in [9.17, 15) is 9.59 Å². The second-order valence-corrected chi connectivity index (χ2v) is 6.33. The number of carbonyl (C=O) groups is 2. The summed E-state index contributed by atoms with van der Waals surface area (Å²) in [6.45, 7) is 0. The second-order valence-electron chi connectivity index (χ2n) is 6.33. The third kappa shape index (κ3) is 3.78. The lowest BCUT2D eigenvalue weighted by Gasteiger charge is -2.07. The highest BCUT2D eigenvalue weighted by molar-refractivity contribution is 6.14. The van der Waals surface area contributed by atoms with Crippen LogP contribution in [0.25, 0.3) is 11.0 Å². The number of fused-ring (bicyclic) bond motifs is 1. The maximum atomic E-state index is 12.8. The quantitative estimate of drug-likeness (QED) is 0.527. The van der Waals surface area contributed by atoms with Gasteiger partial charge < -0.3 is 15.1 Å². The summed E-state index contributed by atoms with van der Waals surface area (Å²) in [6, 6.07) is 25.8. The smallest absolute Gasteiger partial charge is 0.293 e. The van der Waals surface area contributed by atoms with Gasteiger partial charge in [-0.1, -0.05) is 60.7 Å². The molecule has 5 heteroatoms. The molecule has 138 valence electrons. The van der Waals surface area contributed by atoms with Gasteiger partial charge in [-0.15, -0.1) is 0 Å². The van der Waals surface area contributed by atoms with E-state index in [1.165, 1.54) is 0 Å². The summed E-state index contributed by atoms with van der Waals surface area (Å²) in [4.78, 5) is 25.4. The zero-order valence-electron chi connectivity index (χ0n) is 15.0. The van der Waals surface area contributed by atoms with Crippen LogP contribution in [-0.4, -0.2) is 11.8 Å². The first-order chi connectivity index (χ1) is 13.7. The maximum absolute atomic E-state index is 12.8. The lowest BCUT2D eigenvalue weighted by molar-refractivity contribution is -0.115. The molecule has 0 atom stereocenters. The average molecular weight is 370 g/mol. The van der Waals surface area contributed by atoms with Crippen LogP contribution in [0.2, 0.25) is 0 Å². The van der Waals surface area contributed by atoms with Crippen LogP contribution in [0.15, 0.2) is 89.3 Å². The van der Waals surface area contributed by atoms with Crippen LogP contribution in [0.4, 0.5) is 11.4 Å². The third-order valence-corrected chi connectivity index (χ3v) is 4.31. The lowest BCUT2D eigenvalue weighted by atomic mass is 10.1. The van der Waals surface area contributed by atoms with Gasteiger partial charge in [0.25, 0.3) is 5.91 Å². The molecule has 0 aliphatic carbocycles. The molecule has 0 spiro atoms. The number of hydrogen-bond donors (Lipinski definition) is 2. The van der Waals surface area contributed by atoms with E-state index >= 15 is 0 Å². The SMILES string of the molecule is O=C(Cc1ccccc1)Nc1c(C(=O)Nc2ccccc2)oc2ccccc12. The van der Waals surface area contributed by atoms with E-state index in [1.54, 1.807) is 18.2 Å². The standard InChI is InChI=1S/C23H18N2O3/c26-20(15-16-9-3-1-4-10-16)25-21-18-13-7-8-14-19(18)28-22(21)23(27)24-17-11-5-2-6-12-17/h1-14H,15H2,(H,24,27)(H,25,26). The van der Waals surface area contributed by atoms with E-state index in [0.717, 1.165) is 5.56 Å². The average Bonchev–Trinajstić information content (AvgIpc) is 3.08. The number of carbonyl (C=O) groups excluding carboxylic acids is 2. The number of furan rings is 1. The zero-order valence-corrected chi connectivity index (χ0v) is 15.0. The van der Waals surface area contributed by atoms with Crippen molar-refractivity contribution in [2.45, 2.75) is 6.42 Å². The summed E-state index contributed by atoms with van der Waals surface area (Å²) in [5.74, 6) is -0.560. The number of para-hydroxylation sites is 2. The molecule has 0 radical (unpaired) electrons. The summed E-state index contributed by atoms with van der Waals surface area (Å²) >= 11 is 0. The van der Waals surface area contributed by atoms with Crippen LogP contribution in [0.1, 0.15) is 16.1 Å². The molecular formula is C23H18N2O3. The maximum Gasteiger partial charge on any atom is 0.293 e. The molecule has 0 bridgehead atoms.